The van der Waals surface area contributed by atoms with Gasteiger partial charge in [-0.25, -0.2) is 0 Å². The Morgan fingerprint density at radius 1 is 0.651 bits per heavy atom. The molecule has 0 spiro atoms. The number of nitrogens with zero attached hydrogens (tertiary/aromatic N) is 4. The molecule has 43 heavy (non-hydrogen) atoms. The van der Waals surface area contributed by atoms with Crippen LogP contribution in [0.1, 0.15) is 39.0 Å². The summed E-state index contributed by atoms with van der Waals surface area (Å²) in [4.78, 5) is 0. The number of hydrogen-bond donors (Lipinski definition) is 0. The molecule has 0 fully saturated rings. The first-order valence-corrected chi connectivity index (χ1v) is 14.6. The number of aromatic nitrogens is 4. The summed E-state index contributed by atoms with van der Waals surface area (Å²) in [6.07, 6.45) is 3.88. The second kappa shape index (κ2) is 10.9. The van der Waals surface area contributed by atoms with Crippen LogP contribution in [0.25, 0.3) is 33.6 Å². The Bertz CT molecular complexity index is 1920. The normalized spacial score (nSPS) is 14.8. The number of benzene rings is 4. The monoisotopic (exact) mass is 737 g/mol. The molecule has 0 N–H and O–H groups in total. The van der Waals surface area contributed by atoms with Crippen molar-refractivity contribution in [3.8, 4) is 33.6 Å². The summed E-state index contributed by atoms with van der Waals surface area (Å²) >= 11 is 0. The van der Waals surface area contributed by atoms with E-state index in [9.17, 15) is 0 Å². The van der Waals surface area contributed by atoms with E-state index in [4.69, 9.17) is 5.10 Å². The van der Waals surface area contributed by atoms with Gasteiger partial charge in [0.2, 0.25) is 6.71 Å². The van der Waals surface area contributed by atoms with Gasteiger partial charge in [0, 0.05) is 48.6 Å². The fourth-order valence-corrected chi connectivity index (χ4v) is 6.63. The van der Waals surface area contributed by atoms with E-state index in [0.29, 0.717) is 0 Å². The minimum atomic E-state index is 0. The molecule has 4 nitrogen and oxygen atoms in total. The first-order valence-electron chi connectivity index (χ1n) is 14.6. The molecule has 0 unspecified atom stereocenters. The fourth-order valence-electron chi connectivity index (χ4n) is 6.63. The number of fused-ring (bicyclic) bond motifs is 8. The van der Waals surface area contributed by atoms with E-state index in [2.05, 4.69) is 125 Å². The van der Waals surface area contributed by atoms with Gasteiger partial charge >= 0.3 is 0 Å². The van der Waals surface area contributed by atoms with Gasteiger partial charge in [0.05, 0.1) is 6.20 Å². The van der Waals surface area contributed by atoms with Gasteiger partial charge in [0.25, 0.3) is 0 Å². The Hall–Kier alpha value is -3.99. The molecule has 2 aliphatic heterocycles. The van der Waals surface area contributed by atoms with Crippen molar-refractivity contribution in [2.75, 3.05) is 0 Å². The standard InChI is InChI=1S/C22H16BN2.C15H17N2.Ir/c1-23-21-14-8-7-13-19(21)17-11-5-6-12-18(17)20-15-24-25(22(20)23)16-9-3-2-4-10-16;1-14(2)11-7-5-6-8-12(11)17-13(9-10-16-17)15(14,3)4;/h2-9,11-15H,1H3;5-7,9-10H,1-4H3;/q2*-1;. The number of hydrogen-bond acceptors (Lipinski definition) is 2. The van der Waals surface area contributed by atoms with Crippen LogP contribution in [0.15, 0.2) is 109 Å². The maximum Gasteiger partial charge on any atom is 0.231 e. The molecule has 0 saturated heterocycles. The van der Waals surface area contributed by atoms with Gasteiger partial charge in [-0.15, -0.1) is 11.6 Å². The Kier molecular flexibility index (Phi) is 7.40. The number of rotatable bonds is 1. The van der Waals surface area contributed by atoms with Crippen molar-refractivity contribution < 1.29 is 20.1 Å². The SMILES string of the molecule is CB1c2ccccc2-c2ccccc2-c2cnn(-c3[c-]cccc3)c21.CC1(C)c2ccc[c-]c2-n2nccc2C1(C)C.[Ir]. The summed E-state index contributed by atoms with van der Waals surface area (Å²) in [6, 6.07) is 40.3. The molecule has 8 rings (SSSR count). The van der Waals surface area contributed by atoms with Gasteiger partial charge in [-0.3, -0.25) is 9.36 Å². The minimum absolute atomic E-state index is 0. The van der Waals surface area contributed by atoms with E-state index in [1.54, 1.807) is 0 Å². The van der Waals surface area contributed by atoms with Crippen LogP contribution in [-0.2, 0) is 30.9 Å². The maximum atomic E-state index is 4.72. The molecule has 4 heterocycles. The Balaban J connectivity index is 0.000000161. The fraction of sp³-hybridized carbons (Fsp3) is 0.189. The van der Waals surface area contributed by atoms with Gasteiger partial charge < -0.3 is 0 Å². The second-order valence-electron chi connectivity index (χ2n) is 12.3. The molecule has 0 aliphatic carbocycles. The molecular weight excluding hydrogens is 703 g/mol. The molecule has 6 heteroatoms. The number of para-hydroxylation sites is 2. The van der Waals surface area contributed by atoms with Gasteiger partial charge in [-0.2, -0.15) is 58.7 Å². The van der Waals surface area contributed by atoms with Crippen molar-refractivity contribution in [2.24, 2.45) is 0 Å². The molecule has 4 aromatic carbocycles. The third-order valence-electron chi connectivity index (χ3n) is 9.64. The Morgan fingerprint density at radius 2 is 1.33 bits per heavy atom. The van der Waals surface area contributed by atoms with Crippen LogP contribution in [0.4, 0.5) is 0 Å². The molecule has 1 radical (unpaired) electrons. The van der Waals surface area contributed by atoms with Crippen LogP contribution in [-0.4, -0.2) is 26.3 Å². The van der Waals surface area contributed by atoms with Crippen molar-refractivity contribution in [3.05, 3.63) is 133 Å². The van der Waals surface area contributed by atoms with Gasteiger partial charge in [0.1, 0.15) is 0 Å². The smallest absolute Gasteiger partial charge is 0.231 e. The van der Waals surface area contributed by atoms with E-state index < -0.39 is 0 Å². The average molecular weight is 737 g/mol. The molecule has 0 saturated carbocycles. The molecule has 6 aromatic rings. The summed E-state index contributed by atoms with van der Waals surface area (Å²) in [5, 5.41) is 9.16. The summed E-state index contributed by atoms with van der Waals surface area (Å²) < 4.78 is 4.07. The first kappa shape index (κ1) is 29.1. The van der Waals surface area contributed by atoms with Gasteiger partial charge in [-0.1, -0.05) is 88.5 Å². The summed E-state index contributed by atoms with van der Waals surface area (Å²) in [5.74, 6) is 0. The minimum Gasteiger partial charge on any atom is -0.271 e. The zero-order valence-electron chi connectivity index (χ0n) is 25.1. The predicted octanol–water partition coefficient (Wildman–Crippen LogP) is 6.80. The molecule has 215 valence electrons. The maximum absolute atomic E-state index is 4.72. The summed E-state index contributed by atoms with van der Waals surface area (Å²) in [6.45, 7) is 11.7. The van der Waals surface area contributed by atoms with Crippen LogP contribution in [0.2, 0.25) is 6.82 Å². The van der Waals surface area contributed by atoms with Gasteiger partial charge in [0.15, 0.2) is 0 Å². The second-order valence-corrected chi connectivity index (χ2v) is 12.3. The average Bonchev–Trinajstić information content (AvgIpc) is 3.68. The van der Waals surface area contributed by atoms with Crippen LogP contribution in [0.5, 0.6) is 0 Å². The molecular formula is C37H33BIrN4-2. The van der Waals surface area contributed by atoms with Crippen molar-refractivity contribution in [3.63, 3.8) is 0 Å². The zero-order chi connectivity index (χ0) is 29.1. The Morgan fingerprint density at radius 3 is 2.07 bits per heavy atom. The van der Waals surface area contributed by atoms with Crippen LogP contribution < -0.4 is 11.1 Å². The summed E-state index contributed by atoms with van der Waals surface area (Å²) in [7, 11) is 0. The summed E-state index contributed by atoms with van der Waals surface area (Å²) in [5.41, 5.74) is 12.4. The molecule has 0 bridgehead atoms. The van der Waals surface area contributed by atoms with Crippen molar-refractivity contribution in [2.45, 2.75) is 45.3 Å². The third-order valence-corrected chi connectivity index (χ3v) is 9.64. The topological polar surface area (TPSA) is 35.6 Å². The Labute approximate surface area is 268 Å². The molecule has 0 atom stereocenters. The van der Waals surface area contributed by atoms with Crippen LogP contribution in [0, 0.1) is 12.1 Å². The molecule has 2 aromatic heterocycles. The third kappa shape index (κ3) is 4.47. The molecule has 0 amide bonds. The van der Waals surface area contributed by atoms with Crippen molar-refractivity contribution in [1.29, 1.82) is 0 Å². The van der Waals surface area contributed by atoms with E-state index in [0.717, 1.165) is 11.4 Å². The molecule has 2 aliphatic rings. The van der Waals surface area contributed by atoms with Gasteiger partial charge in [-0.05, 0) is 39.5 Å². The zero-order valence-corrected chi connectivity index (χ0v) is 27.5. The van der Waals surface area contributed by atoms with Crippen LogP contribution in [0.3, 0.4) is 0 Å². The first-order chi connectivity index (χ1) is 20.3. The van der Waals surface area contributed by atoms with E-state index in [1.165, 1.54) is 44.6 Å². The van der Waals surface area contributed by atoms with E-state index in [1.807, 2.05) is 46.0 Å². The van der Waals surface area contributed by atoms with Crippen molar-refractivity contribution in [1.82, 2.24) is 19.6 Å². The van der Waals surface area contributed by atoms with E-state index >= 15 is 0 Å². The predicted molar refractivity (Wildman–Crippen MR) is 173 cm³/mol. The largest absolute Gasteiger partial charge is 0.271 e. The van der Waals surface area contributed by atoms with Crippen molar-refractivity contribution >= 4 is 17.8 Å². The quantitative estimate of drug-likeness (QED) is 0.138. The van der Waals surface area contributed by atoms with Crippen LogP contribution >= 0.6 is 0 Å². The van der Waals surface area contributed by atoms with E-state index in [-0.39, 0.29) is 37.6 Å².